The number of carbonyl (C=O) groups excluding carboxylic acids is 1. The topological polar surface area (TPSA) is 32.3 Å². The number of hydrogen-bond acceptors (Lipinski definition) is 2. The molecule has 1 aliphatic rings. The fraction of sp³-hybridized carbons (Fsp3) is 0.750. The third kappa shape index (κ3) is 4.47. The van der Waals surface area contributed by atoms with Crippen LogP contribution in [0.4, 0.5) is 0 Å². The van der Waals surface area contributed by atoms with Gasteiger partial charge in [0, 0.05) is 26.6 Å². The van der Waals surface area contributed by atoms with Crippen molar-refractivity contribution in [1.29, 1.82) is 0 Å². The second-order valence-corrected chi connectivity index (χ2v) is 4.18. The van der Waals surface area contributed by atoms with E-state index in [1.807, 2.05) is 11.8 Å². The van der Waals surface area contributed by atoms with E-state index in [2.05, 4.69) is 17.5 Å². The molecule has 0 atom stereocenters. The van der Waals surface area contributed by atoms with Gasteiger partial charge in [-0.2, -0.15) is 0 Å². The summed E-state index contributed by atoms with van der Waals surface area (Å²) >= 11 is 0. The van der Waals surface area contributed by atoms with E-state index in [0.29, 0.717) is 0 Å². The van der Waals surface area contributed by atoms with Gasteiger partial charge in [0.05, 0.1) is 0 Å². The molecule has 0 aliphatic carbocycles. The van der Waals surface area contributed by atoms with E-state index in [0.717, 1.165) is 44.9 Å². The maximum atomic E-state index is 11.1. The molecule has 1 heterocycles. The highest BCUT2D eigenvalue weighted by Crippen LogP contribution is 2.16. The summed E-state index contributed by atoms with van der Waals surface area (Å²) in [6, 6.07) is 0. The summed E-state index contributed by atoms with van der Waals surface area (Å²) in [5.74, 6) is 0.959. The Balaban J connectivity index is 2.12. The van der Waals surface area contributed by atoms with E-state index in [1.165, 1.54) is 0 Å². The van der Waals surface area contributed by atoms with Gasteiger partial charge in [-0.25, -0.2) is 0 Å². The molecule has 1 fully saturated rings. The summed E-state index contributed by atoms with van der Waals surface area (Å²) < 4.78 is 0. The fourth-order valence-corrected chi connectivity index (χ4v) is 1.94. The van der Waals surface area contributed by atoms with Crippen LogP contribution in [0.25, 0.3) is 0 Å². The average molecular weight is 210 g/mol. The van der Waals surface area contributed by atoms with Gasteiger partial charge in [-0.05, 0) is 32.2 Å². The van der Waals surface area contributed by atoms with Crippen LogP contribution in [0, 0.1) is 5.92 Å². The number of likely N-dealkylation sites (tertiary alicyclic amines) is 1. The Labute approximate surface area is 92.5 Å². The van der Waals surface area contributed by atoms with Crippen LogP contribution in [0.1, 0.15) is 26.7 Å². The summed E-state index contributed by atoms with van der Waals surface area (Å²) in [6.45, 7) is 7.60. The van der Waals surface area contributed by atoms with Crippen LogP contribution in [-0.2, 0) is 4.79 Å². The third-order valence-corrected chi connectivity index (χ3v) is 2.99. The Morgan fingerprint density at radius 1 is 1.47 bits per heavy atom. The van der Waals surface area contributed by atoms with Crippen LogP contribution in [0.15, 0.2) is 12.2 Å². The fourth-order valence-electron chi connectivity index (χ4n) is 1.94. The molecule has 1 rings (SSSR count). The van der Waals surface area contributed by atoms with Crippen molar-refractivity contribution in [3.05, 3.63) is 12.2 Å². The summed E-state index contributed by atoms with van der Waals surface area (Å²) in [4.78, 5) is 13.1. The Kier molecular flexibility index (Phi) is 5.40. The number of amides is 1. The number of rotatable bonds is 4. The SMILES string of the molecule is C/C=C\CNCC1CCN(C(C)=O)CC1. The third-order valence-electron chi connectivity index (χ3n) is 2.99. The standard InChI is InChI=1S/C12H22N2O/c1-3-4-7-13-10-12-5-8-14(9-6-12)11(2)15/h3-4,12-13H,5-10H2,1-2H3/b4-3-. The zero-order chi connectivity index (χ0) is 11.1. The van der Waals surface area contributed by atoms with Crippen LogP contribution in [0.5, 0.6) is 0 Å². The molecule has 3 heteroatoms. The molecule has 0 unspecified atom stereocenters. The Hall–Kier alpha value is -0.830. The van der Waals surface area contributed by atoms with Crippen molar-refractivity contribution in [3.63, 3.8) is 0 Å². The predicted molar refractivity (Wildman–Crippen MR) is 62.7 cm³/mol. The zero-order valence-electron chi connectivity index (χ0n) is 9.83. The average Bonchev–Trinajstić information content (AvgIpc) is 2.25. The second-order valence-electron chi connectivity index (χ2n) is 4.18. The normalized spacial score (nSPS) is 18.7. The van der Waals surface area contributed by atoms with Crippen molar-refractivity contribution in [2.24, 2.45) is 5.92 Å². The van der Waals surface area contributed by atoms with Crippen molar-refractivity contribution in [3.8, 4) is 0 Å². The first-order valence-electron chi connectivity index (χ1n) is 5.81. The molecule has 15 heavy (non-hydrogen) atoms. The second kappa shape index (κ2) is 6.62. The lowest BCUT2D eigenvalue weighted by atomic mass is 9.97. The van der Waals surface area contributed by atoms with Gasteiger partial charge in [-0.1, -0.05) is 12.2 Å². The van der Waals surface area contributed by atoms with Crippen LogP contribution in [0.3, 0.4) is 0 Å². The number of carbonyl (C=O) groups is 1. The van der Waals surface area contributed by atoms with Crippen molar-refractivity contribution in [1.82, 2.24) is 10.2 Å². The van der Waals surface area contributed by atoms with Crippen molar-refractivity contribution < 1.29 is 4.79 Å². The highest BCUT2D eigenvalue weighted by atomic mass is 16.2. The van der Waals surface area contributed by atoms with Crippen molar-refractivity contribution in [2.45, 2.75) is 26.7 Å². The number of allylic oxidation sites excluding steroid dienone is 1. The molecule has 0 radical (unpaired) electrons. The molecule has 0 aromatic carbocycles. The summed E-state index contributed by atoms with van der Waals surface area (Å²) in [7, 11) is 0. The molecule has 0 bridgehead atoms. The highest BCUT2D eigenvalue weighted by molar-refractivity contribution is 5.73. The summed E-state index contributed by atoms with van der Waals surface area (Å²) in [5.41, 5.74) is 0. The van der Waals surface area contributed by atoms with E-state index in [1.54, 1.807) is 6.92 Å². The summed E-state index contributed by atoms with van der Waals surface area (Å²) in [5, 5.41) is 3.41. The lowest BCUT2D eigenvalue weighted by molar-refractivity contribution is -0.130. The van der Waals surface area contributed by atoms with Gasteiger partial charge in [0.25, 0.3) is 0 Å². The minimum atomic E-state index is 0.218. The number of nitrogens with zero attached hydrogens (tertiary/aromatic N) is 1. The molecule has 3 nitrogen and oxygen atoms in total. The molecule has 0 aromatic rings. The molecular weight excluding hydrogens is 188 g/mol. The first-order valence-corrected chi connectivity index (χ1v) is 5.81. The van der Waals surface area contributed by atoms with Gasteiger partial charge in [0.1, 0.15) is 0 Å². The van der Waals surface area contributed by atoms with Crippen molar-refractivity contribution in [2.75, 3.05) is 26.2 Å². The van der Waals surface area contributed by atoms with Crippen LogP contribution >= 0.6 is 0 Å². The van der Waals surface area contributed by atoms with Crippen molar-refractivity contribution >= 4 is 5.91 Å². The van der Waals surface area contributed by atoms with E-state index < -0.39 is 0 Å². The number of piperidine rings is 1. The molecule has 1 amide bonds. The monoisotopic (exact) mass is 210 g/mol. The zero-order valence-corrected chi connectivity index (χ0v) is 9.83. The summed E-state index contributed by atoms with van der Waals surface area (Å²) in [6.07, 6.45) is 6.47. The van der Waals surface area contributed by atoms with Gasteiger partial charge in [-0.15, -0.1) is 0 Å². The van der Waals surface area contributed by atoms with Gasteiger partial charge >= 0.3 is 0 Å². The first-order chi connectivity index (χ1) is 7.24. The van der Waals surface area contributed by atoms with E-state index in [9.17, 15) is 4.79 Å². The lowest BCUT2D eigenvalue weighted by Crippen LogP contribution is -2.39. The Morgan fingerprint density at radius 2 is 2.13 bits per heavy atom. The highest BCUT2D eigenvalue weighted by Gasteiger charge is 2.19. The largest absolute Gasteiger partial charge is 0.343 e. The van der Waals surface area contributed by atoms with Gasteiger partial charge in [-0.3, -0.25) is 4.79 Å². The molecule has 0 spiro atoms. The molecule has 1 saturated heterocycles. The smallest absolute Gasteiger partial charge is 0.219 e. The number of hydrogen-bond donors (Lipinski definition) is 1. The van der Waals surface area contributed by atoms with Gasteiger partial charge in [0.15, 0.2) is 0 Å². The van der Waals surface area contributed by atoms with E-state index >= 15 is 0 Å². The molecule has 1 N–H and O–H groups in total. The van der Waals surface area contributed by atoms with Crippen LogP contribution < -0.4 is 5.32 Å². The first kappa shape index (κ1) is 12.2. The molecule has 1 aliphatic heterocycles. The maximum Gasteiger partial charge on any atom is 0.219 e. The quantitative estimate of drug-likeness (QED) is 0.562. The van der Waals surface area contributed by atoms with E-state index in [-0.39, 0.29) is 5.91 Å². The molecular formula is C12H22N2O. The minimum absolute atomic E-state index is 0.218. The maximum absolute atomic E-state index is 11.1. The van der Waals surface area contributed by atoms with E-state index in [4.69, 9.17) is 0 Å². The minimum Gasteiger partial charge on any atom is -0.343 e. The van der Waals surface area contributed by atoms with Gasteiger partial charge in [0.2, 0.25) is 5.91 Å². The van der Waals surface area contributed by atoms with Gasteiger partial charge < -0.3 is 10.2 Å². The van der Waals surface area contributed by atoms with Crippen LogP contribution in [-0.4, -0.2) is 37.0 Å². The molecule has 86 valence electrons. The Bertz CT molecular complexity index is 218. The van der Waals surface area contributed by atoms with Crippen LogP contribution in [0.2, 0.25) is 0 Å². The Morgan fingerprint density at radius 3 is 2.67 bits per heavy atom. The lowest BCUT2D eigenvalue weighted by Gasteiger charge is -2.31. The predicted octanol–water partition coefficient (Wildman–Crippen LogP) is 1.41. The molecule has 0 aromatic heterocycles. The number of nitrogens with one attached hydrogen (secondary N) is 1. The molecule has 0 saturated carbocycles.